The molecule has 8 heteroatoms. The van der Waals surface area contributed by atoms with Crippen LogP contribution < -0.4 is 11.1 Å². The van der Waals surface area contributed by atoms with E-state index in [1.807, 2.05) is 0 Å². The van der Waals surface area contributed by atoms with Crippen LogP contribution in [0, 0.1) is 0 Å². The molecule has 0 aromatic carbocycles. The fourth-order valence-electron chi connectivity index (χ4n) is 2.09. The van der Waals surface area contributed by atoms with Gasteiger partial charge < -0.3 is 16.2 Å². The molecule has 0 radical (unpaired) electrons. The first-order valence-corrected chi connectivity index (χ1v) is 6.10. The van der Waals surface area contributed by atoms with Crippen LogP contribution in [0.4, 0.5) is 11.9 Å². The van der Waals surface area contributed by atoms with E-state index in [1.165, 1.54) is 0 Å². The van der Waals surface area contributed by atoms with Crippen LogP contribution in [0.1, 0.15) is 19.3 Å². The zero-order valence-electron chi connectivity index (χ0n) is 10.3. The van der Waals surface area contributed by atoms with E-state index in [-0.39, 0.29) is 18.1 Å². The highest BCUT2D eigenvalue weighted by Crippen LogP contribution is 2.34. The predicted molar refractivity (Wildman–Crippen MR) is 68.7 cm³/mol. The van der Waals surface area contributed by atoms with Gasteiger partial charge in [-0.3, -0.25) is 4.57 Å². The molecule has 19 heavy (non-hydrogen) atoms. The second-order valence-electron chi connectivity index (χ2n) is 4.70. The van der Waals surface area contributed by atoms with Gasteiger partial charge in [0, 0.05) is 12.4 Å². The van der Waals surface area contributed by atoms with Crippen molar-refractivity contribution in [1.29, 1.82) is 0 Å². The number of rotatable bonds is 4. The summed E-state index contributed by atoms with van der Waals surface area (Å²) in [5.74, 6) is 0.915. The zero-order valence-corrected chi connectivity index (χ0v) is 10.3. The van der Waals surface area contributed by atoms with Crippen molar-refractivity contribution in [3.63, 3.8) is 0 Å². The Kier molecular flexibility index (Phi) is 2.79. The Balaban J connectivity index is 1.90. The molecule has 2 aromatic heterocycles. The number of hydrogen-bond acceptors (Lipinski definition) is 7. The summed E-state index contributed by atoms with van der Waals surface area (Å²) in [4.78, 5) is 16.3. The van der Waals surface area contributed by atoms with Crippen LogP contribution >= 0.6 is 0 Å². The molecule has 2 aromatic rings. The lowest BCUT2D eigenvalue weighted by Crippen LogP contribution is -2.48. The summed E-state index contributed by atoms with van der Waals surface area (Å²) in [6.07, 6.45) is 7.83. The molecule has 4 N–H and O–H groups in total. The highest BCUT2D eigenvalue weighted by Gasteiger charge is 2.37. The van der Waals surface area contributed by atoms with E-state index in [0.717, 1.165) is 19.3 Å². The first-order chi connectivity index (χ1) is 9.21. The quantitative estimate of drug-likeness (QED) is 0.707. The van der Waals surface area contributed by atoms with Gasteiger partial charge in [0.1, 0.15) is 6.33 Å². The number of hydrogen-bond donors (Lipinski definition) is 3. The fourth-order valence-corrected chi connectivity index (χ4v) is 2.09. The lowest BCUT2D eigenvalue weighted by atomic mass is 9.77. The molecule has 0 aliphatic heterocycles. The molecule has 3 rings (SSSR count). The maximum absolute atomic E-state index is 9.44. The third-order valence-corrected chi connectivity index (χ3v) is 3.37. The molecule has 2 heterocycles. The molecule has 0 amide bonds. The monoisotopic (exact) mass is 261 g/mol. The molecule has 0 unspecified atom stereocenters. The highest BCUT2D eigenvalue weighted by molar-refractivity contribution is 5.38. The summed E-state index contributed by atoms with van der Waals surface area (Å²) in [5, 5.41) is 12.6. The van der Waals surface area contributed by atoms with Crippen molar-refractivity contribution >= 4 is 11.9 Å². The van der Waals surface area contributed by atoms with E-state index >= 15 is 0 Å². The van der Waals surface area contributed by atoms with Gasteiger partial charge in [0.05, 0.1) is 12.1 Å². The van der Waals surface area contributed by atoms with E-state index < -0.39 is 0 Å². The molecule has 0 bridgehead atoms. The van der Waals surface area contributed by atoms with E-state index in [1.54, 1.807) is 23.3 Å². The number of aliphatic hydroxyl groups excluding tert-OH is 1. The van der Waals surface area contributed by atoms with Crippen molar-refractivity contribution in [1.82, 2.24) is 24.5 Å². The number of imidazole rings is 1. The van der Waals surface area contributed by atoms with Crippen molar-refractivity contribution in [3.8, 4) is 5.95 Å². The summed E-state index contributed by atoms with van der Waals surface area (Å²) in [6.45, 7) is 0.0546. The average Bonchev–Trinajstić information content (AvgIpc) is 2.87. The van der Waals surface area contributed by atoms with E-state index in [2.05, 4.69) is 25.3 Å². The van der Waals surface area contributed by atoms with Crippen molar-refractivity contribution in [2.24, 2.45) is 0 Å². The van der Waals surface area contributed by atoms with Crippen LogP contribution in [0.3, 0.4) is 0 Å². The Morgan fingerprint density at radius 2 is 2.21 bits per heavy atom. The van der Waals surface area contributed by atoms with Gasteiger partial charge in [-0.2, -0.15) is 15.0 Å². The Morgan fingerprint density at radius 3 is 2.79 bits per heavy atom. The fraction of sp³-hybridized carbons (Fsp3) is 0.455. The number of nitrogens with one attached hydrogen (secondary N) is 1. The van der Waals surface area contributed by atoms with E-state index in [4.69, 9.17) is 5.73 Å². The van der Waals surface area contributed by atoms with Gasteiger partial charge in [0.2, 0.25) is 17.8 Å². The zero-order chi connectivity index (χ0) is 13.3. The van der Waals surface area contributed by atoms with Crippen LogP contribution in [-0.4, -0.2) is 41.8 Å². The lowest BCUT2D eigenvalue weighted by Gasteiger charge is -2.40. The van der Waals surface area contributed by atoms with Crippen LogP contribution in [0.25, 0.3) is 5.95 Å². The predicted octanol–water partition coefficient (Wildman–Crippen LogP) is -0.0336. The molecular weight excluding hydrogens is 246 g/mol. The molecular formula is C11H15N7O. The van der Waals surface area contributed by atoms with Gasteiger partial charge in [-0.05, 0) is 19.3 Å². The minimum Gasteiger partial charge on any atom is -0.394 e. The minimum absolute atomic E-state index is 0.0546. The third kappa shape index (κ3) is 2.22. The van der Waals surface area contributed by atoms with Gasteiger partial charge in [0.15, 0.2) is 0 Å². The Bertz CT molecular complexity index is 559. The van der Waals surface area contributed by atoms with Crippen LogP contribution in [0.5, 0.6) is 0 Å². The van der Waals surface area contributed by atoms with Crippen molar-refractivity contribution in [2.75, 3.05) is 17.7 Å². The Labute approximate surface area is 109 Å². The van der Waals surface area contributed by atoms with Crippen LogP contribution in [-0.2, 0) is 0 Å². The van der Waals surface area contributed by atoms with Gasteiger partial charge in [0.25, 0.3) is 0 Å². The summed E-state index contributed by atoms with van der Waals surface area (Å²) >= 11 is 0. The van der Waals surface area contributed by atoms with Gasteiger partial charge in [-0.1, -0.05) is 0 Å². The van der Waals surface area contributed by atoms with E-state index in [9.17, 15) is 5.11 Å². The number of anilines is 2. The number of nitrogens with two attached hydrogens (primary N) is 1. The normalized spacial score (nSPS) is 16.9. The molecule has 1 saturated carbocycles. The molecule has 1 aliphatic rings. The molecule has 1 aliphatic carbocycles. The lowest BCUT2D eigenvalue weighted by molar-refractivity contribution is 0.143. The van der Waals surface area contributed by atoms with Crippen molar-refractivity contribution in [3.05, 3.63) is 18.7 Å². The molecule has 1 fully saturated rings. The summed E-state index contributed by atoms with van der Waals surface area (Å²) in [7, 11) is 0. The van der Waals surface area contributed by atoms with Gasteiger partial charge in [-0.15, -0.1) is 0 Å². The number of aliphatic hydroxyl groups is 1. The Hall–Kier alpha value is -2.22. The minimum atomic E-state index is -0.319. The maximum atomic E-state index is 9.44. The second kappa shape index (κ2) is 4.47. The topological polar surface area (TPSA) is 115 Å². The molecule has 0 atom stereocenters. The van der Waals surface area contributed by atoms with Crippen molar-refractivity contribution < 1.29 is 5.11 Å². The summed E-state index contributed by atoms with van der Waals surface area (Å²) < 4.78 is 1.65. The number of nitrogens with zero attached hydrogens (tertiary/aromatic N) is 5. The van der Waals surface area contributed by atoms with Gasteiger partial charge in [-0.25, -0.2) is 4.98 Å². The van der Waals surface area contributed by atoms with Crippen molar-refractivity contribution in [2.45, 2.75) is 24.8 Å². The summed E-state index contributed by atoms with van der Waals surface area (Å²) in [6, 6.07) is 0. The SMILES string of the molecule is Nc1nc(NC2(CO)CCC2)nc(-n2ccnc2)n1. The van der Waals surface area contributed by atoms with Gasteiger partial charge >= 0.3 is 0 Å². The Morgan fingerprint density at radius 1 is 1.37 bits per heavy atom. The standard InChI is InChI=1S/C11H15N7O/c12-8-14-9(17-11(6-19)2-1-3-11)16-10(15-8)18-5-4-13-7-18/h4-5,7,19H,1-3,6H2,(H3,12,14,15,16,17). The highest BCUT2D eigenvalue weighted by atomic mass is 16.3. The first-order valence-electron chi connectivity index (χ1n) is 6.10. The smallest absolute Gasteiger partial charge is 0.241 e. The van der Waals surface area contributed by atoms with E-state index in [0.29, 0.717) is 11.9 Å². The van der Waals surface area contributed by atoms with Crippen LogP contribution in [0.2, 0.25) is 0 Å². The maximum Gasteiger partial charge on any atom is 0.241 e. The third-order valence-electron chi connectivity index (χ3n) is 3.37. The second-order valence-corrected chi connectivity index (χ2v) is 4.70. The molecule has 0 saturated heterocycles. The average molecular weight is 261 g/mol. The first kappa shape index (κ1) is 11.8. The summed E-state index contributed by atoms with van der Waals surface area (Å²) in [5.41, 5.74) is 5.37. The number of nitrogen functional groups attached to an aromatic ring is 1. The molecule has 8 nitrogen and oxygen atoms in total. The largest absolute Gasteiger partial charge is 0.394 e. The molecule has 100 valence electrons. The van der Waals surface area contributed by atoms with Crippen LogP contribution in [0.15, 0.2) is 18.7 Å². The molecule has 0 spiro atoms. The number of aromatic nitrogens is 5.